The Bertz CT molecular complexity index is 851. The van der Waals surface area contributed by atoms with Gasteiger partial charge in [0.1, 0.15) is 10.6 Å². The van der Waals surface area contributed by atoms with Gasteiger partial charge < -0.3 is 4.74 Å². The van der Waals surface area contributed by atoms with Crippen molar-refractivity contribution in [1.82, 2.24) is 4.31 Å². The summed E-state index contributed by atoms with van der Waals surface area (Å²) < 4.78 is 32.7. The van der Waals surface area contributed by atoms with Gasteiger partial charge >= 0.3 is 0 Å². The number of hydrogen-bond donors (Lipinski definition) is 0. The Labute approximate surface area is 152 Å². The summed E-state index contributed by atoms with van der Waals surface area (Å²) in [5, 5.41) is 1.89. The van der Waals surface area contributed by atoms with Gasteiger partial charge in [0.15, 0.2) is 5.78 Å². The first-order valence-corrected chi connectivity index (χ1v) is 10.5. The van der Waals surface area contributed by atoms with Crippen LogP contribution >= 0.6 is 11.3 Å². The molecule has 0 unspecified atom stereocenters. The Morgan fingerprint density at radius 3 is 2.56 bits per heavy atom. The van der Waals surface area contributed by atoms with E-state index in [-0.39, 0.29) is 16.6 Å². The van der Waals surface area contributed by atoms with Crippen LogP contribution in [0.15, 0.2) is 40.6 Å². The van der Waals surface area contributed by atoms with Crippen LogP contribution in [0.2, 0.25) is 0 Å². The van der Waals surface area contributed by atoms with Crippen LogP contribution in [0.4, 0.5) is 0 Å². The molecule has 0 amide bonds. The van der Waals surface area contributed by atoms with Crippen LogP contribution in [0, 0.1) is 12.8 Å². The minimum absolute atomic E-state index is 0.107. The fourth-order valence-corrected chi connectivity index (χ4v) is 5.56. The van der Waals surface area contributed by atoms with Gasteiger partial charge in [-0.2, -0.15) is 4.31 Å². The van der Waals surface area contributed by atoms with Crippen molar-refractivity contribution >= 4 is 27.1 Å². The van der Waals surface area contributed by atoms with Gasteiger partial charge in [-0.25, -0.2) is 8.42 Å². The van der Waals surface area contributed by atoms with E-state index in [1.165, 1.54) is 22.8 Å². The van der Waals surface area contributed by atoms with Crippen molar-refractivity contribution < 1.29 is 17.9 Å². The smallest absolute Gasteiger partial charge is 0.246 e. The normalized spacial score (nSPS) is 16.7. The highest BCUT2D eigenvalue weighted by atomic mass is 32.2. The molecule has 2 aromatic rings. The first kappa shape index (κ1) is 18.1. The number of Topliss-reactive ketones (excluding diaryl/α,β-unsaturated/α-hetero) is 1. The van der Waals surface area contributed by atoms with Crippen LogP contribution in [0.5, 0.6) is 5.75 Å². The standard InChI is InChI=1S/C18H21NO4S2/c1-13-5-6-15(23-2)17(12-13)25(21,22)19-9-7-14(8-10-19)18(20)16-4-3-11-24-16/h3-6,11-12,14H,7-10H2,1-2H3. The number of ketones is 1. The van der Waals surface area contributed by atoms with Crippen molar-refractivity contribution in [3.63, 3.8) is 0 Å². The van der Waals surface area contributed by atoms with E-state index in [1.807, 2.05) is 30.5 Å². The zero-order valence-corrected chi connectivity index (χ0v) is 15.9. The first-order chi connectivity index (χ1) is 11.9. The lowest BCUT2D eigenvalue weighted by Crippen LogP contribution is -2.40. The number of methoxy groups -OCH3 is 1. The highest BCUT2D eigenvalue weighted by Gasteiger charge is 2.34. The molecule has 0 bridgehead atoms. The average Bonchev–Trinajstić information content (AvgIpc) is 3.16. The number of sulfonamides is 1. The highest BCUT2D eigenvalue weighted by molar-refractivity contribution is 7.89. The van der Waals surface area contributed by atoms with Gasteiger partial charge in [0, 0.05) is 19.0 Å². The number of piperidine rings is 1. The van der Waals surface area contributed by atoms with Gasteiger partial charge in [0.05, 0.1) is 12.0 Å². The van der Waals surface area contributed by atoms with Gasteiger partial charge in [-0.15, -0.1) is 11.3 Å². The summed E-state index contributed by atoms with van der Waals surface area (Å²) in [6.45, 7) is 2.55. The van der Waals surface area contributed by atoms with Crippen molar-refractivity contribution in [2.75, 3.05) is 20.2 Å². The van der Waals surface area contributed by atoms with E-state index in [2.05, 4.69) is 0 Å². The second-order valence-corrected chi connectivity index (χ2v) is 9.03. The van der Waals surface area contributed by atoms with E-state index in [0.29, 0.717) is 31.7 Å². The fraction of sp³-hybridized carbons (Fsp3) is 0.389. The molecule has 1 aromatic carbocycles. The van der Waals surface area contributed by atoms with E-state index in [1.54, 1.807) is 12.1 Å². The molecule has 0 aliphatic carbocycles. The van der Waals surface area contributed by atoms with Crippen molar-refractivity contribution in [3.8, 4) is 5.75 Å². The van der Waals surface area contributed by atoms with Crippen LogP contribution in [0.3, 0.4) is 0 Å². The number of aryl methyl sites for hydroxylation is 1. The summed E-state index contributed by atoms with van der Waals surface area (Å²) in [7, 11) is -2.16. The van der Waals surface area contributed by atoms with Gasteiger partial charge in [-0.1, -0.05) is 12.1 Å². The highest BCUT2D eigenvalue weighted by Crippen LogP contribution is 2.31. The van der Waals surface area contributed by atoms with Crippen molar-refractivity contribution in [3.05, 3.63) is 46.2 Å². The van der Waals surface area contributed by atoms with Crippen LogP contribution in [0.25, 0.3) is 0 Å². The number of benzene rings is 1. The third-order valence-corrected chi connectivity index (χ3v) is 7.33. The molecular formula is C18H21NO4S2. The zero-order chi connectivity index (χ0) is 18.0. The summed E-state index contributed by atoms with van der Waals surface area (Å²) >= 11 is 1.44. The van der Waals surface area contributed by atoms with Gasteiger partial charge in [0.25, 0.3) is 0 Å². The Morgan fingerprint density at radius 2 is 1.96 bits per heavy atom. The summed E-state index contributed by atoms with van der Waals surface area (Å²) in [4.78, 5) is 13.4. The molecule has 0 radical (unpaired) electrons. The number of ether oxygens (including phenoxy) is 1. The number of nitrogens with zero attached hydrogens (tertiary/aromatic N) is 1. The maximum Gasteiger partial charge on any atom is 0.246 e. The molecule has 3 rings (SSSR count). The van der Waals surface area contributed by atoms with Gasteiger partial charge in [0.2, 0.25) is 10.0 Å². The van der Waals surface area contributed by atoms with Crippen molar-refractivity contribution in [2.24, 2.45) is 5.92 Å². The molecule has 25 heavy (non-hydrogen) atoms. The molecule has 2 heterocycles. The van der Waals surface area contributed by atoms with E-state index in [4.69, 9.17) is 4.74 Å². The minimum Gasteiger partial charge on any atom is -0.495 e. The lowest BCUT2D eigenvalue weighted by molar-refractivity contribution is 0.0879. The van der Waals surface area contributed by atoms with E-state index in [9.17, 15) is 13.2 Å². The van der Waals surface area contributed by atoms with Crippen LogP contribution in [-0.4, -0.2) is 38.7 Å². The minimum atomic E-state index is -3.63. The van der Waals surface area contributed by atoms with Gasteiger partial charge in [-0.3, -0.25) is 4.79 Å². The Balaban J connectivity index is 1.76. The molecule has 1 saturated heterocycles. The molecule has 7 heteroatoms. The van der Waals surface area contributed by atoms with Crippen molar-refractivity contribution in [2.45, 2.75) is 24.7 Å². The maximum atomic E-state index is 13.0. The number of hydrogen-bond acceptors (Lipinski definition) is 5. The number of thiophene rings is 1. The van der Waals surface area contributed by atoms with Crippen molar-refractivity contribution in [1.29, 1.82) is 0 Å². The summed E-state index contributed by atoms with van der Waals surface area (Å²) in [6, 6.07) is 8.82. The monoisotopic (exact) mass is 379 g/mol. The Morgan fingerprint density at radius 1 is 1.24 bits per heavy atom. The Kier molecular flexibility index (Phi) is 5.27. The third-order valence-electron chi connectivity index (χ3n) is 4.53. The number of rotatable bonds is 5. The lowest BCUT2D eigenvalue weighted by atomic mass is 9.93. The lowest BCUT2D eigenvalue weighted by Gasteiger charge is -2.30. The molecule has 1 fully saturated rings. The first-order valence-electron chi connectivity index (χ1n) is 8.16. The molecule has 0 saturated carbocycles. The number of carbonyl (C=O) groups excluding carboxylic acids is 1. The average molecular weight is 380 g/mol. The molecule has 134 valence electrons. The second-order valence-electron chi connectivity index (χ2n) is 6.17. The van der Waals surface area contributed by atoms with Crippen LogP contribution in [0.1, 0.15) is 28.1 Å². The van der Waals surface area contributed by atoms with E-state index < -0.39 is 10.0 Å². The van der Waals surface area contributed by atoms with Crippen LogP contribution in [-0.2, 0) is 10.0 Å². The molecule has 1 aliphatic heterocycles. The maximum absolute atomic E-state index is 13.0. The topological polar surface area (TPSA) is 63.7 Å². The molecule has 0 spiro atoms. The summed E-state index contributed by atoms with van der Waals surface area (Å²) in [5.74, 6) is 0.368. The summed E-state index contributed by atoms with van der Waals surface area (Å²) in [6.07, 6.45) is 1.09. The molecule has 1 aliphatic rings. The number of carbonyl (C=O) groups is 1. The Hall–Kier alpha value is -1.70. The molecule has 5 nitrogen and oxygen atoms in total. The molecule has 1 aromatic heterocycles. The quantitative estimate of drug-likeness (QED) is 0.748. The van der Waals surface area contributed by atoms with Gasteiger partial charge in [-0.05, 0) is 48.9 Å². The summed E-state index contributed by atoms with van der Waals surface area (Å²) in [5.41, 5.74) is 0.863. The predicted molar refractivity (Wildman–Crippen MR) is 97.9 cm³/mol. The fourth-order valence-electron chi connectivity index (χ4n) is 3.10. The molecular weight excluding hydrogens is 358 g/mol. The third kappa shape index (κ3) is 3.63. The zero-order valence-electron chi connectivity index (χ0n) is 14.3. The second kappa shape index (κ2) is 7.27. The van der Waals surface area contributed by atoms with Crippen LogP contribution < -0.4 is 4.74 Å². The van der Waals surface area contributed by atoms with E-state index in [0.717, 1.165) is 10.4 Å². The molecule has 0 N–H and O–H groups in total. The van der Waals surface area contributed by atoms with E-state index >= 15 is 0 Å². The predicted octanol–water partition coefficient (Wildman–Crippen LogP) is 3.35. The largest absolute Gasteiger partial charge is 0.495 e. The SMILES string of the molecule is COc1ccc(C)cc1S(=O)(=O)N1CCC(C(=O)c2cccs2)CC1. The molecule has 0 atom stereocenters.